The van der Waals surface area contributed by atoms with Crippen molar-refractivity contribution in [3.05, 3.63) is 23.5 Å². The van der Waals surface area contributed by atoms with E-state index >= 15 is 0 Å². The molecule has 0 saturated carbocycles. The molecule has 0 aliphatic carbocycles. The van der Waals surface area contributed by atoms with Gasteiger partial charge in [-0.05, 0) is 44.6 Å². The normalized spacial score (nSPS) is 12.7. The SMILES string of the molecule is COc1cc(F)c(C(C)C)cc1[B]OC(C)(C)C(C)(C)O. The van der Waals surface area contributed by atoms with Gasteiger partial charge in [0.05, 0.1) is 18.3 Å². The van der Waals surface area contributed by atoms with Crippen molar-refractivity contribution in [1.82, 2.24) is 0 Å². The Balaban J connectivity index is 3.05. The summed E-state index contributed by atoms with van der Waals surface area (Å²) in [6, 6.07) is 3.08. The van der Waals surface area contributed by atoms with Crippen molar-refractivity contribution in [2.75, 3.05) is 7.11 Å². The molecule has 0 unspecified atom stereocenters. The molecule has 0 aromatic heterocycles. The van der Waals surface area contributed by atoms with E-state index in [1.54, 1.807) is 33.8 Å². The van der Waals surface area contributed by atoms with E-state index in [1.807, 2.05) is 13.8 Å². The van der Waals surface area contributed by atoms with Crippen molar-refractivity contribution >= 4 is 12.9 Å². The highest BCUT2D eigenvalue weighted by Gasteiger charge is 2.36. The Morgan fingerprint density at radius 1 is 1.19 bits per heavy atom. The van der Waals surface area contributed by atoms with Gasteiger partial charge in [-0.1, -0.05) is 19.9 Å². The van der Waals surface area contributed by atoms with E-state index in [1.165, 1.54) is 20.7 Å². The van der Waals surface area contributed by atoms with Crippen molar-refractivity contribution in [2.45, 2.75) is 58.7 Å². The van der Waals surface area contributed by atoms with E-state index in [-0.39, 0.29) is 11.7 Å². The Labute approximate surface area is 127 Å². The number of aliphatic hydroxyl groups is 1. The van der Waals surface area contributed by atoms with Gasteiger partial charge in [0, 0.05) is 6.07 Å². The molecule has 1 aromatic rings. The van der Waals surface area contributed by atoms with Crippen molar-refractivity contribution in [2.24, 2.45) is 0 Å². The lowest BCUT2D eigenvalue weighted by atomic mass is 9.80. The van der Waals surface area contributed by atoms with Gasteiger partial charge in [-0.3, -0.25) is 0 Å². The first-order valence-corrected chi connectivity index (χ1v) is 7.10. The van der Waals surface area contributed by atoms with E-state index in [2.05, 4.69) is 0 Å². The minimum Gasteiger partial charge on any atom is -0.497 e. The quantitative estimate of drug-likeness (QED) is 0.820. The first kappa shape index (κ1) is 18.0. The molecule has 0 heterocycles. The van der Waals surface area contributed by atoms with Gasteiger partial charge in [0.25, 0.3) is 0 Å². The molecule has 0 saturated heterocycles. The third-order valence-corrected chi connectivity index (χ3v) is 3.92. The van der Waals surface area contributed by atoms with Gasteiger partial charge in [0.2, 0.25) is 0 Å². The molecular weight excluding hydrogens is 270 g/mol. The standard InChI is InChI=1S/C16H25BFO3/c1-10(2)11-8-12(14(20-7)9-13(11)18)17-21-16(5,6)15(3,4)19/h8-10,19H,1-7H3. The molecule has 1 aromatic carbocycles. The average molecular weight is 295 g/mol. The van der Waals surface area contributed by atoms with Gasteiger partial charge in [-0.25, -0.2) is 4.39 Å². The van der Waals surface area contributed by atoms with Crippen LogP contribution in [-0.2, 0) is 4.65 Å². The van der Waals surface area contributed by atoms with Crippen LogP contribution in [-0.4, -0.2) is 30.9 Å². The second-order valence-electron chi connectivity index (χ2n) is 6.58. The smallest absolute Gasteiger partial charge is 0.334 e. The first-order valence-electron chi connectivity index (χ1n) is 7.10. The molecular formula is C16H25BFO3. The Morgan fingerprint density at radius 2 is 1.76 bits per heavy atom. The fourth-order valence-corrected chi connectivity index (χ4v) is 1.66. The Morgan fingerprint density at radius 3 is 2.19 bits per heavy atom. The number of ether oxygens (including phenoxy) is 1. The molecule has 117 valence electrons. The van der Waals surface area contributed by atoms with Crippen LogP contribution in [0.3, 0.4) is 0 Å². The van der Waals surface area contributed by atoms with Crippen molar-refractivity contribution in [1.29, 1.82) is 0 Å². The summed E-state index contributed by atoms with van der Waals surface area (Å²) in [5.74, 6) is 0.176. The monoisotopic (exact) mass is 295 g/mol. The molecule has 21 heavy (non-hydrogen) atoms. The molecule has 1 radical (unpaired) electrons. The van der Waals surface area contributed by atoms with Gasteiger partial charge in [-0.2, -0.15) is 0 Å². The third-order valence-electron chi connectivity index (χ3n) is 3.92. The maximum absolute atomic E-state index is 14.0. The number of benzene rings is 1. The molecule has 3 nitrogen and oxygen atoms in total. The average Bonchev–Trinajstić information content (AvgIpc) is 2.35. The van der Waals surface area contributed by atoms with Gasteiger partial charge >= 0.3 is 7.48 Å². The van der Waals surface area contributed by atoms with Crippen LogP contribution in [0.2, 0.25) is 0 Å². The zero-order valence-electron chi connectivity index (χ0n) is 14.0. The highest BCUT2D eigenvalue weighted by molar-refractivity contribution is 6.48. The van der Waals surface area contributed by atoms with E-state index in [0.29, 0.717) is 16.8 Å². The van der Waals surface area contributed by atoms with Crippen LogP contribution < -0.4 is 10.2 Å². The molecule has 0 fully saturated rings. The van der Waals surface area contributed by atoms with Gasteiger partial charge < -0.3 is 14.5 Å². The van der Waals surface area contributed by atoms with E-state index in [4.69, 9.17) is 9.39 Å². The maximum atomic E-state index is 14.0. The zero-order chi connectivity index (χ0) is 16.4. The maximum Gasteiger partial charge on any atom is 0.334 e. The summed E-state index contributed by atoms with van der Waals surface area (Å²) in [4.78, 5) is 0. The lowest BCUT2D eigenvalue weighted by Gasteiger charge is -2.37. The van der Waals surface area contributed by atoms with Crippen molar-refractivity contribution in [3.63, 3.8) is 0 Å². The molecule has 0 aliphatic rings. The summed E-state index contributed by atoms with van der Waals surface area (Å²) >= 11 is 0. The fourth-order valence-electron chi connectivity index (χ4n) is 1.66. The van der Waals surface area contributed by atoms with Crippen LogP contribution in [0.15, 0.2) is 12.1 Å². The minimum atomic E-state index is -1.02. The molecule has 0 spiro atoms. The van der Waals surface area contributed by atoms with Crippen LogP contribution >= 0.6 is 0 Å². The lowest BCUT2D eigenvalue weighted by Crippen LogP contribution is -2.49. The highest BCUT2D eigenvalue weighted by Crippen LogP contribution is 2.25. The predicted molar refractivity (Wildman–Crippen MR) is 83.9 cm³/mol. The molecule has 0 bridgehead atoms. The summed E-state index contributed by atoms with van der Waals surface area (Å²) in [6.45, 7) is 10.8. The number of rotatable bonds is 6. The number of hydrogen-bond donors (Lipinski definition) is 1. The van der Waals surface area contributed by atoms with Crippen LogP contribution in [0.25, 0.3) is 0 Å². The number of hydrogen-bond acceptors (Lipinski definition) is 3. The number of methoxy groups -OCH3 is 1. The van der Waals surface area contributed by atoms with Gasteiger partial charge in [0.15, 0.2) is 0 Å². The summed E-state index contributed by atoms with van der Waals surface area (Å²) in [7, 11) is 3.00. The zero-order valence-corrected chi connectivity index (χ0v) is 14.0. The third kappa shape index (κ3) is 4.21. The Bertz CT molecular complexity index is 493. The second-order valence-corrected chi connectivity index (χ2v) is 6.58. The first-order chi connectivity index (χ1) is 9.49. The number of halogens is 1. The summed E-state index contributed by atoms with van der Waals surface area (Å²) in [5, 5.41) is 10.1. The highest BCUT2D eigenvalue weighted by atomic mass is 19.1. The Hall–Kier alpha value is -1.07. The van der Waals surface area contributed by atoms with Gasteiger partial charge in [-0.15, -0.1) is 0 Å². The van der Waals surface area contributed by atoms with Crippen LogP contribution in [0, 0.1) is 5.82 Å². The molecule has 1 N–H and O–H groups in total. The summed E-state index contributed by atoms with van der Waals surface area (Å²) < 4.78 is 24.9. The van der Waals surface area contributed by atoms with Crippen molar-refractivity contribution in [3.8, 4) is 5.75 Å². The van der Waals surface area contributed by atoms with E-state index < -0.39 is 11.2 Å². The largest absolute Gasteiger partial charge is 0.497 e. The lowest BCUT2D eigenvalue weighted by molar-refractivity contribution is -0.0893. The van der Waals surface area contributed by atoms with Crippen molar-refractivity contribution < 1.29 is 18.9 Å². The molecule has 0 amide bonds. The molecule has 0 atom stereocenters. The van der Waals surface area contributed by atoms with Crippen LogP contribution in [0.5, 0.6) is 5.75 Å². The van der Waals surface area contributed by atoms with Gasteiger partial charge in [0.1, 0.15) is 11.6 Å². The van der Waals surface area contributed by atoms with Crippen LogP contribution in [0.4, 0.5) is 4.39 Å². The van der Waals surface area contributed by atoms with Crippen LogP contribution in [0.1, 0.15) is 53.0 Å². The summed E-state index contributed by atoms with van der Waals surface area (Å²) in [6.07, 6.45) is 0. The van der Waals surface area contributed by atoms with E-state index in [0.717, 1.165) is 0 Å². The fraction of sp³-hybridized carbons (Fsp3) is 0.625. The topological polar surface area (TPSA) is 38.7 Å². The van der Waals surface area contributed by atoms with E-state index in [9.17, 15) is 9.50 Å². The molecule has 1 rings (SSSR count). The minimum absolute atomic E-state index is 0.0605. The summed E-state index contributed by atoms with van der Waals surface area (Å²) in [5.41, 5.74) is -0.547. The Kier molecular flexibility index (Phi) is 5.45. The second kappa shape index (κ2) is 6.36. The molecule has 5 heteroatoms. The predicted octanol–water partition coefficient (Wildman–Crippen LogP) is 2.77. The molecule has 0 aliphatic heterocycles.